The van der Waals surface area contributed by atoms with Crippen molar-refractivity contribution in [3.05, 3.63) is 21.4 Å². The smallest absolute Gasteiger partial charge is 0.264 e. The molecule has 0 saturated carbocycles. The van der Waals surface area contributed by atoms with Gasteiger partial charge in [0, 0.05) is 37.6 Å². The van der Waals surface area contributed by atoms with Gasteiger partial charge in [-0.15, -0.1) is 11.3 Å². The summed E-state index contributed by atoms with van der Waals surface area (Å²) in [6.45, 7) is 9.91. The van der Waals surface area contributed by atoms with Crippen molar-refractivity contribution >= 4 is 17.2 Å². The van der Waals surface area contributed by atoms with E-state index in [-0.39, 0.29) is 12.0 Å². The van der Waals surface area contributed by atoms with Crippen molar-refractivity contribution in [2.24, 2.45) is 0 Å². The maximum atomic E-state index is 12.5. The van der Waals surface area contributed by atoms with Crippen LogP contribution in [0.1, 0.15) is 34.0 Å². The van der Waals surface area contributed by atoms with Crippen LogP contribution in [-0.4, -0.2) is 59.6 Å². The highest BCUT2D eigenvalue weighted by Crippen LogP contribution is 2.23. The number of piperazine rings is 1. The van der Waals surface area contributed by atoms with Crippen LogP contribution >= 0.6 is 11.3 Å². The van der Waals surface area contributed by atoms with Gasteiger partial charge in [-0.2, -0.15) is 0 Å². The molecule has 0 radical (unpaired) electrons. The zero-order chi connectivity index (χ0) is 14.7. The minimum atomic E-state index is -0.302. The van der Waals surface area contributed by atoms with E-state index in [0.29, 0.717) is 6.54 Å². The lowest BCUT2D eigenvalue weighted by Crippen LogP contribution is -2.50. The van der Waals surface area contributed by atoms with Gasteiger partial charge in [-0.1, -0.05) is 6.92 Å². The molecule has 1 aliphatic heterocycles. The molecule has 1 aliphatic rings. The summed E-state index contributed by atoms with van der Waals surface area (Å²) >= 11 is 1.61. The lowest BCUT2D eigenvalue weighted by atomic mass is 10.2. The van der Waals surface area contributed by atoms with Gasteiger partial charge < -0.3 is 10.0 Å². The van der Waals surface area contributed by atoms with E-state index in [4.69, 9.17) is 0 Å². The standard InChI is InChI=1S/C15H24N2O2S/c1-4-13-9-14(20-12(13)3)15(19)17-7-5-16(6-8-17)10-11(2)18/h9,11,18H,4-8,10H2,1-3H3/t11-/m1/s1. The number of β-amino-alcohol motifs (C(OH)–C–C–N with tert-alkyl or cyclic N) is 1. The van der Waals surface area contributed by atoms with E-state index < -0.39 is 0 Å². The van der Waals surface area contributed by atoms with Gasteiger partial charge in [0.2, 0.25) is 0 Å². The van der Waals surface area contributed by atoms with Crippen LogP contribution in [0.2, 0.25) is 0 Å². The highest BCUT2D eigenvalue weighted by molar-refractivity contribution is 7.14. The topological polar surface area (TPSA) is 43.8 Å². The Bertz CT molecular complexity index is 462. The Kier molecular flexibility index (Phi) is 5.18. The molecular weight excluding hydrogens is 272 g/mol. The summed E-state index contributed by atoms with van der Waals surface area (Å²) in [7, 11) is 0. The molecule has 0 aliphatic carbocycles. The average molecular weight is 296 g/mol. The Morgan fingerprint density at radius 1 is 1.40 bits per heavy atom. The Hall–Kier alpha value is -0.910. The first kappa shape index (κ1) is 15.5. The summed E-state index contributed by atoms with van der Waals surface area (Å²) in [5.74, 6) is 0.162. The number of nitrogens with zero attached hydrogens (tertiary/aromatic N) is 2. The number of aliphatic hydroxyl groups is 1. The van der Waals surface area contributed by atoms with Crippen LogP contribution in [0.3, 0.4) is 0 Å². The lowest BCUT2D eigenvalue weighted by Gasteiger charge is -2.35. The molecule has 0 unspecified atom stereocenters. The van der Waals surface area contributed by atoms with Crippen molar-refractivity contribution in [1.29, 1.82) is 0 Å². The van der Waals surface area contributed by atoms with Crippen molar-refractivity contribution in [1.82, 2.24) is 9.80 Å². The molecule has 1 atom stereocenters. The third kappa shape index (κ3) is 3.59. The van der Waals surface area contributed by atoms with Crippen molar-refractivity contribution in [3.8, 4) is 0 Å². The molecule has 1 amide bonds. The summed E-state index contributed by atoms with van der Waals surface area (Å²) in [5.41, 5.74) is 1.28. The van der Waals surface area contributed by atoms with E-state index in [1.54, 1.807) is 18.3 Å². The van der Waals surface area contributed by atoms with E-state index in [1.807, 2.05) is 11.0 Å². The lowest BCUT2D eigenvalue weighted by molar-refractivity contribution is 0.0558. The number of hydrogen-bond donors (Lipinski definition) is 1. The molecule has 1 fully saturated rings. The van der Waals surface area contributed by atoms with Crippen LogP contribution in [-0.2, 0) is 6.42 Å². The first-order chi connectivity index (χ1) is 9.51. The van der Waals surface area contributed by atoms with Crippen LogP contribution in [0.4, 0.5) is 0 Å². The molecule has 0 aromatic carbocycles. The SMILES string of the molecule is CCc1cc(C(=O)N2CCN(C[C@@H](C)O)CC2)sc1C. The predicted molar refractivity (Wildman–Crippen MR) is 82.5 cm³/mol. The normalized spacial score (nSPS) is 18.3. The average Bonchev–Trinajstić information content (AvgIpc) is 2.79. The van der Waals surface area contributed by atoms with Crippen molar-refractivity contribution in [2.45, 2.75) is 33.3 Å². The van der Waals surface area contributed by atoms with Gasteiger partial charge in [-0.3, -0.25) is 9.69 Å². The van der Waals surface area contributed by atoms with Gasteiger partial charge in [0.25, 0.3) is 5.91 Å². The summed E-state index contributed by atoms with van der Waals surface area (Å²) in [6, 6.07) is 2.05. The number of amides is 1. The number of rotatable bonds is 4. The summed E-state index contributed by atoms with van der Waals surface area (Å²) in [4.78, 5) is 18.7. The number of aryl methyl sites for hydroxylation is 2. The molecule has 5 heteroatoms. The summed E-state index contributed by atoms with van der Waals surface area (Å²) in [5, 5.41) is 9.40. The van der Waals surface area contributed by atoms with E-state index >= 15 is 0 Å². The second-order valence-electron chi connectivity index (χ2n) is 5.49. The van der Waals surface area contributed by atoms with Crippen LogP contribution in [0.5, 0.6) is 0 Å². The maximum Gasteiger partial charge on any atom is 0.264 e. The Labute approximate surface area is 125 Å². The van der Waals surface area contributed by atoms with Gasteiger partial charge in [-0.25, -0.2) is 0 Å². The molecule has 20 heavy (non-hydrogen) atoms. The fourth-order valence-corrected chi connectivity index (χ4v) is 3.72. The predicted octanol–water partition coefficient (Wildman–Crippen LogP) is 1.76. The molecule has 112 valence electrons. The van der Waals surface area contributed by atoms with Crippen LogP contribution in [0.15, 0.2) is 6.07 Å². The largest absolute Gasteiger partial charge is 0.392 e. The van der Waals surface area contributed by atoms with Crippen molar-refractivity contribution in [3.63, 3.8) is 0 Å². The highest BCUT2D eigenvalue weighted by atomic mass is 32.1. The summed E-state index contributed by atoms with van der Waals surface area (Å²) in [6.07, 6.45) is 0.682. The fraction of sp³-hybridized carbons (Fsp3) is 0.667. The maximum absolute atomic E-state index is 12.5. The molecule has 0 spiro atoms. The minimum Gasteiger partial charge on any atom is -0.392 e. The zero-order valence-electron chi connectivity index (χ0n) is 12.6. The van der Waals surface area contributed by atoms with E-state index in [1.165, 1.54) is 10.4 Å². The molecule has 4 nitrogen and oxygen atoms in total. The first-order valence-corrected chi connectivity index (χ1v) is 8.12. The summed E-state index contributed by atoms with van der Waals surface area (Å²) < 4.78 is 0. The van der Waals surface area contributed by atoms with E-state index in [0.717, 1.165) is 37.5 Å². The highest BCUT2D eigenvalue weighted by Gasteiger charge is 2.24. The van der Waals surface area contributed by atoms with Gasteiger partial charge in [0.05, 0.1) is 11.0 Å². The van der Waals surface area contributed by atoms with Gasteiger partial charge in [0.15, 0.2) is 0 Å². The third-order valence-electron chi connectivity index (χ3n) is 3.79. The monoisotopic (exact) mass is 296 g/mol. The zero-order valence-corrected chi connectivity index (χ0v) is 13.4. The number of aliphatic hydroxyl groups excluding tert-OH is 1. The number of carbonyl (C=O) groups is 1. The third-order valence-corrected chi connectivity index (χ3v) is 4.87. The van der Waals surface area contributed by atoms with Crippen LogP contribution in [0.25, 0.3) is 0 Å². The van der Waals surface area contributed by atoms with Gasteiger partial charge in [0.1, 0.15) is 0 Å². The second-order valence-corrected chi connectivity index (χ2v) is 6.74. The fourth-order valence-electron chi connectivity index (χ4n) is 2.64. The Balaban J connectivity index is 1.94. The van der Waals surface area contributed by atoms with Crippen molar-refractivity contribution < 1.29 is 9.90 Å². The number of carbonyl (C=O) groups excluding carboxylic acids is 1. The molecule has 2 rings (SSSR count). The molecule has 1 aromatic rings. The Morgan fingerprint density at radius 2 is 2.05 bits per heavy atom. The number of hydrogen-bond acceptors (Lipinski definition) is 4. The van der Waals surface area contributed by atoms with E-state index in [9.17, 15) is 9.90 Å². The molecule has 1 N–H and O–H groups in total. The molecule has 1 saturated heterocycles. The first-order valence-electron chi connectivity index (χ1n) is 7.30. The van der Waals surface area contributed by atoms with Crippen LogP contribution in [0, 0.1) is 6.92 Å². The van der Waals surface area contributed by atoms with Gasteiger partial charge in [-0.05, 0) is 31.9 Å². The molecule has 1 aromatic heterocycles. The molecule has 0 bridgehead atoms. The van der Waals surface area contributed by atoms with Gasteiger partial charge >= 0.3 is 0 Å². The Morgan fingerprint density at radius 3 is 2.55 bits per heavy atom. The number of thiophene rings is 1. The second kappa shape index (κ2) is 6.70. The van der Waals surface area contributed by atoms with Crippen molar-refractivity contribution in [2.75, 3.05) is 32.7 Å². The van der Waals surface area contributed by atoms with Crippen LogP contribution < -0.4 is 0 Å². The minimum absolute atomic E-state index is 0.162. The molecular formula is C15H24N2O2S. The quantitative estimate of drug-likeness (QED) is 0.921. The molecule has 2 heterocycles. The van der Waals surface area contributed by atoms with E-state index in [2.05, 4.69) is 18.7 Å².